The lowest BCUT2D eigenvalue weighted by Crippen LogP contribution is -2.01. The molecule has 0 saturated heterocycles. The molecule has 0 N–H and O–H groups in total. The van der Waals surface area contributed by atoms with Crippen LogP contribution in [0.2, 0.25) is 10.2 Å². The second-order valence-corrected chi connectivity index (χ2v) is 8.78. The Balaban J connectivity index is 1.54. The van der Waals surface area contributed by atoms with Crippen molar-refractivity contribution < 1.29 is 0 Å². The van der Waals surface area contributed by atoms with Gasteiger partial charge in [0.1, 0.15) is 5.15 Å². The van der Waals surface area contributed by atoms with Crippen molar-refractivity contribution in [3.8, 4) is 39.9 Å². The number of halogens is 2. The van der Waals surface area contributed by atoms with Crippen LogP contribution in [0.15, 0.2) is 109 Å². The molecule has 0 aliphatic carbocycles. The fourth-order valence-electron chi connectivity index (χ4n) is 4.14. The van der Waals surface area contributed by atoms with E-state index in [0.29, 0.717) is 27.6 Å². The Morgan fingerprint density at radius 2 is 1.03 bits per heavy atom. The maximum Gasteiger partial charge on any atom is 0.164 e. The van der Waals surface area contributed by atoms with Gasteiger partial charge in [-0.2, -0.15) is 0 Å². The summed E-state index contributed by atoms with van der Waals surface area (Å²) in [6.45, 7) is 0. The van der Waals surface area contributed by atoms with Gasteiger partial charge in [-0.3, -0.25) is 4.57 Å². The summed E-state index contributed by atoms with van der Waals surface area (Å²) in [6, 6.07) is 35.7. The summed E-state index contributed by atoms with van der Waals surface area (Å²) in [4.78, 5) is 14.4. The molecular weight excluding hydrogens is 475 g/mol. The van der Waals surface area contributed by atoms with Gasteiger partial charge >= 0.3 is 0 Å². The Morgan fingerprint density at radius 3 is 1.66 bits per heavy atom. The van der Waals surface area contributed by atoms with Gasteiger partial charge in [0.25, 0.3) is 0 Å². The van der Waals surface area contributed by atoms with E-state index in [2.05, 4.69) is 0 Å². The monoisotopic (exact) mass is 492 g/mol. The van der Waals surface area contributed by atoms with Crippen molar-refractivity contribution in [3.63, 3.8) is 0 Å². The van der Waals surface area contributed by atoms with Gasteiger partial charge in [-0.15, -0.1) is 0 Å². The number of hydrogen-bond donors (Lipinski definition) is 0. The number of benzene rings is 4. The second kappa shape index (κ2) is 8.99. The summed E-state index contributed by atoms with van der Waals surface area (Å²) in [5, 5.41) is 1.91. The van der Waals surface area contributed by atoms with E-state index >= 15 is 0 Å². The molecule has 2 aromatic heterocycles. The van der Waals surface area contributed by atoms with Crippen molar-refractivity contribution >= 4 is 34.1 Å². The topological polar surface area (TPSA) is 43.6 Å². The first-order valence-corrected chi connectivity index (χ1v) is 11.9. The molecule has 0 atom stereocenters. The molecule has 0 saturated carbocycles. The molecule has 6 heteroatoms. The fourth-order valence-corrected chi connectivity index (χ4v) is 4.68. The molecule has 35 heavy (non-hydrogen) atoms. The Labute approximate surface area is 212 Å². The van der Waals surface area contributed by atoms with Gasteiger partial charge in [0.05, 0.1) is 10.5 Å². The molecule has 4 nitrogen and oxygen atoms in total. The Kier molecular flexibility index (Phi) is 5.53. The zero-order chi connectivity index (χ0) is 23.8. The van der Waals surface area contributed by atoms with Gasteiger partial charge in [0.15, 0.2) is 17.5 Å². The van der Waals surface area contributed by atoms with Crippen LogP contribution in [0, 0.1) is 0 Å². The largest absolute Gasteiger partial charge is 0.299 e. The van der Waals surface area contributed by atoms with Crippen molar-refractivity contribution in [3.05, 3.63) is 119 Å². The number of fused-ring (bicyclic) bond motifs is 1. The molecular formula is C29H18Cl2N4. The van der Waals surface area contributed by atoms with Crippen molar-refractivity contribution in [2.45, 2.75) is 0 Å². The highest BCUT2D eigenvalue weighted by molar-refractivity contribution is 6.45. The zero-order valence-electron chi connectivity index (χ0n) is 18.4. The Morgan fingerprint density at radius 1 is 0.514 bits per heavy atom. The van der Waals surface area contributed by atoms with E-state index in [4.69, 9.17) is 38.2 Å². The first-order chi connectivity index (χ1) is 17.2. The van der Waals surface area contributed by atoms with E-state index in [1.807, 2.05) is 114 Å². The average Bonchev–Trinajstić information content (AvgIpc) is 3.19. The van der Waals surface area contributed by atoms with Crippen molar-refractivity contribution in [1.29, 1.82) is 0 Å². The maximum absolute atomic E-state index is 6.67. The number of aromatic nitrogens is 4. The molecule has 4 aromatic carbocycles. The minimum absolute atomic E-state index is 0.468. The van der Waals surface area contributed by atoms with Crippen LogP contribution < -0.4 is 0 Å². The number of para-hydroxylation sites is 1. The number of hydrogen-bond acceptors (Lipinski definition) is 3. The molecule has 0 amide bonds. The summed E-state index contributed by atoms with van der Waals surface area (Å²) in [7, 11) is 0. The van der Waals surface area contributed by atoms with E-state index in [1.54, 1.807) is 0 Å². The van der Waals surface area contributed by atoms with Crippen LogP contribution in [0.5, 0.6) is 0 Å². The number of rotatable bonds is 4. The minimum atomic E-state index is 0.468. The lowest BCUT2D eigenvalue weighted by molar-refractivity contribution is 1.07. The first-order valence-electron chi connectivity index (χ1n) is 11.1. The highest BCUT2D eigenvalue weighted by Gasteiger charge is 2.17. The van der Waals surface area contributed by atoms with Crippen molar-refractivity contribution in [1.82, 2.24) is 19.5 Å². The van der Waals surface area contributed by atoms with Crippen LogP contribution in [0.25, 0.3) is 50.8 Å². The lowest BCUT2D eigenvalue weighted by Gasteiger charge is -2.11. The zero-order valence-corrected chi connectivity index (χ0v) is 19.9. The predicted molar refractivity (Wildman–Crippen MR) is 143 cm³/mol. The molecule has 0 bridgehead atoms. The third-order valence-electron chi connectivity index (χ3n) is 5.82. The molecule has 168 valence electrons. The van der Waals surface area contributed by atoms with Gasteiger partial charge in [-0.1, -0.05) is 114 Å². The van der Waals surface area contributed by atoms with Gasteiger partial charge in [0, 0.05) is 27.8 Å². The smallest absolute Gasteiger partial charge is 0.164 e. The quantitative estimate of drug-likeness (QED) is 0.249. The highest BCUT2D eigenvalue weighted by atomic mass is 35.5. The summed E-state index contributed by atoms with van der Waals surface area (Å²) in [5.74, 6) is 1.82. The summed E-state index contributed by atoms with van der Waals surface area (Å²) >= 11 is 13.2. The molecule has 6 aromatic rings. The standard InChI is InChI=1S/C29H18Cl2N4/c30-25-23-16-7-8-17-24(23)35(26(25)31)22-15-9-14-21(18-22)29-33-27(19-10-3-1-4-11-19)32-28(34-29)20-12-5-2-6-13-20/h1-18H. The molecule has 6 rings (SSSR count). The summed E-state index contributed by atoms with van der Waals surface area (Å²) < 4.78 is 1.94. The van der Waals surface area contributed by atoms with E-state index in [0.717, 1.165) is 33.3 Å². The lowest BCUT2D eigenvalue weighted by atomic mass is 10.1. The van der Waals surface area contributed by atoms with Crippen LogP contribution in [0.3, 0.4) is 0 Å². The molecule has 0 aliphatic rings. The van der Waals surface area contributed by atoms with Crippen LogP contribution in [-0.4, -0.2) is 19.5 Å². The Bertz CT molecular complexity index is 1600. The van der Waals surface area contributed by atoms with E-state index in [9.17, 15) is 0 Å². The van der Waals surface area contributed by atoms with Crippen LogP contribution >= 0.6 is 23.2 Å². The third-order valence-corrected chi connectivity index (χ3v) is 6.66. The van der Waals surface area contributed by atoms with Crippen LogP contribution in [-0.2, 0) is 0 Å². The van der Waals surface area contributed by atoms with E-state index in [-0.39, 0.29) is 0 Å². The SMILES string of the molecule is Clc1c(Cl)n(-c2cccc(-c3nc(-c4ccccc4)nc(-c4ccccc4)n3)c2)c2ccccc12. The molecule has 0 unspecified atom stereocenters. The van der Waals surface area contributed by atoms with Crippen LogP contribution in [0.1, 0.15) is 0 Å². The van der Waals surface area contributed by atoms with Crippen molar-refractivity contribution in [2.24, 2.45) is 0 Å². The Hall–Kier alpha value is -3.99. The minimum Gasteiger partial charge on any atom is -0.299 e. The van der Waals surface area contributed by atoms with E-state index in [1.165, 1.54) is 0 Å². The summed E-state index contributed by atoms with van der Waals surface area (Å²) in [6.07, 6.45) is 0. The molecule has 0 spiro atoms. The molecule has 0 fully saturated rings. The predicted octanol–water partition coefficient (Wildman–Crippen LogP) is 8.12. The average molecular weight is 493 g/mol. The molecule has 2 heterocycles. The van der Waals surface area contributed by atoms with Crippen LogP contribution in [0.4, 0.5) is 0 Å². The van der Waals surface area contributed by atoms with E-state index < -0.39 is 0 Å². The van der Waals surface area contributed by atoms with Gasteiger partial charge in [0.2, 0.25) is 0 Å². The fraction of sp³-hybridized carbons (Fsp3) is 0. The first kappa shape index (κ1) is 21.5. The number of nitrogens with zero attached hydrogens (tertiary/aromatic N) is 4. The highest BCUT2D eigenvalue weighted by Crippen LogP contribution is 2.37. The van der Waals surface area contributed by atoms with Gasteiger partial charge in [-0.05, 0) is 18.2 Å². The normalized spacial score (nSPS) is 11.1. The second-order valence-electron chi connectivity index (χ2n) is 8.05. The maximum atomic E-state index is 6.67. The van der Waals surface area contributed by atoms with Crippen molar-refractivity contribution in [2.75, 3.05) is 0 Å². The summed E-state index contributed by atoms with van der Waals surface area (Å²) in [5.41, 5.74) is 4.51. The molecule has 0 aliphatic heterocycles. The third kappa shape index (κ3) is 3.97. The van der Waals surface area contributed by atoms with Gasteiger partial charge < -0.3 is 0 Å². The van der Waals surface area contributed by atoms with Gasteiger partial charge in [-0.25, -0.2) is 15.0 Å². The molecule has 0 radical (unpaired) electrons.